The van der Waals surface area contributed by atoms with E-state index in [-0.39, 0.29) is 11.9 Å². The molecule has 8 heteroatoms. The van der Waals surface area contributed by atoms with Crippen LogP contribution in [0.1, 0.15) is 30.9 Å². The van der Waals surface area contributed by atoms with Crippen molar-refractivity contribution in [3.63, 3.8) is 0 Å². The van der Waals surface area contributed by atoms with Crippen LogP contribution in [0.2, 0.25) is 0 Å². The molecule has 30 heavy (non-hydrogen) atoms. The molecule has 1 amide bonds. The van der Waals surface area contributed by atoms with Crippen molar-refractivity contribution in [3.8, 4) is 0 Å². The van der Waals surface area contributed by atoms with E-state index in [0.29, 0.717) is 31.5 Å². The van der Waals surface area contributed by atoms with E-state index in [4.69, 9.17) is 4.74 Å². The number of carbonyl (C=O) groups excluding carboxylic acids is 1. The van der Waals surface area contributed by atoms with E-state index < -0.39 is 18.5 Å². The van der Waals surface area contributed by atoms with Gasteiger partial charge in [0.2, 0.25) is 5.91 Å². The Morgan fingerprint density at radius 1 is 1.13 bits per heavy atom. The number of amides is 1. The molecule has 1 heterocycles. The molecule has 1 fully saturated rings. The highest BCUT2D eigenvalue weighted by atomic mass is 19.4. The first-order valence-electron chi connectivity index (χ1n) is 9.87. The minimum atomic E-state index is -4.46. The van der Waals surface area contributed by atoms with E-state index in [1.165, 1.54) is 6.92 Å². The van der Waals surface area contributed by atoms with Crippen LogP contribution < -0.4 is 10.7 Å². The van der Waals surface area contributed by atoms with E-state index in [1.807, 2.05) is 36.4 Å². The van der Waals surface area contributed by atoms with Gasteiger partial charge in [-0.1, -0.05) is 60.7 Å². The summed E-state index contributed by atoms with van der Waals surface area (Å²) < 4.78 is 44.9. The molecule has 3 rings (SSSR count). The van der Waals surface area contributed by atoms with Crippen LogP contribution in [0.15, 0.2) is 60.7 Å². The Morgan fingerprint density at radius 3 is 2.37 bits per heavy atom. The lowest BCUT2D eigenvalue weighted by Crippen LogP contribution is -2.63. The van der Waals surface area contributed by atoms with Gasteiger partial charge in [0, 0.05) is 26.1 Å². The molecule has 0 aromatic heterocycles. The highest BCUT2D eigenvalue weighted by Crippen LogP contribution is 2.39. The fourth-order valence-corrected chi connectivity index (χ4v) is 3.78. The number of alkyl halides is 3. The summed E-state index contributed by atoms with van der Waals surface area (Å²) in [6.07, 6.45) is -3.67. The van der Waals surface area contributed by atoms with Crippen molar-refractivity contribution in [2.75, 3.05) is 13.2 Å². The Labute approximate surface area is 174 Å². The number of hydrogen-bond acceptors (Lipinski definition) is 4. The third-order valence-electron chi connectivity index (χ3n) is 5.09. The Morgan fingerprint density at radius 2 is 1.77 bits per heavy atom. The number of hydrazine groups is 1. The average Bonchev–Trinajstić information content (AvgIpc) is 2.72. The van der Waals surface area contributed by atoms with Gasteiger partial charge in [-0.2, -0.15) is 13.2 Å². The van der Waals surface area contributed by atoms with Crippen LogP contribution in [0.3, 0.4) is 0 Å². The molecule has 0 aliphatic carbocycles. The van der Waals surface area contributed by atoms with Gasteiger partial charge in [0.05, 0.1) is 0 Å². The first-order valence-corrected chi connectivity index (χ1v) is 9.87. The zero-order valence-electron chi connectivity index (χ0n) is 16.8. The third kappa shape index (κ3) is 5.81. The molecule has 2 unspecified atom stereocenters. The van der Waals surface area contributed by atoms with Crippen molar-refractivity contribution in [2.45, 2.75) is 44.3 Å². The summed E-state index contributed by atoms with van der Waals surface area (Å²) in [5, 5.41) is 4.57. The van der Waals surface area contributed by atoms with Gasteiger partial charge in [-0.25, -0.2) is 10.4 Å². The van der Waals surface area contributed by atoms with Crippen LogP contribution in [0.25, 0.3) is 0 Å². The van der Waals surface area contributed by atoms with Crippen LogP contribution in [0.5, 0.6) is 0 Å². The Bertz CT molecular complexity index is 817. The number of benzene rings is 2. The lowest BCUT2D eigenvalue weighted by molar-refractivity contribution is -0.266. The number of hydrogen-bond donors (Lipinski definition) is 2. The van der Waals surface area contributed by atoms with Gasteiger partial charge < -0.3 is 10.1 Å². The lowest BCUT2D eigenvalue weighted by atomic mass is 9.90. The molecule has 2 aromatic carbocycles. The maximum atomic E-state index is 13.1. The van der Waals surface area contributed by atoms with E-state index in [2.05, 4.69) is 10.7 Å². The van der Waals surface area contributed by atoms with Crippen molar-refractivity contribution in [1.29, 1.82) is 0 Å². The SMILES string of the molecule is CC(=O)NC1CCC(OCC(F)(F)F)(c2ccccc2)N(NCc2ccccc2)C1. The van der Waals surface area contributed by atoms with Crippen molar-refractivity contribution in [2.24, 2.45) is 0 Å². The molecule has 162 valence electrons. The van der Waals surface area contributed by atoms with E-state index in [1.54, 1.807) is 29.3 Å². The highest BCUT2D eigenvalue weighted by Gasteiger charge is 2.47. The smallest absolute Gasteiger partial charge is 0.352 e. The predicted molar refractivity (Wildman–Crippen MR) is 107 cm³/mol. The Kier molecular flexibility index (Phi) is 7.12. The zero-order valence-corrected chi connectivity index (χ0v) is 16.8. The van der Waals surface area contributed by atoms with Crippen molar-refractivity contribution in [3.05, 3.63) is 71.8 Å². The van der Waals surface area contributed by atoms with Gasteiger partial charge in [0.25, 0.3) is 0 Å². The maximum absolute atomic E-state index is 13.1. The number of nitrogens with zero attached hydrogens (tertiary/aromatic N) is 1. The largest absolute Gasteiger partial charge is 0.411 e. The number of halogens is 3. The summed E-state index contributed by atoms with van der Waals surface area (Å²) in [6.45, 7) is 0.786. The molecule has 2 atom stereocenters. The third-order valence-corrected chi connectivity index (χ3v) is 5.09. The Balaban J connectivity index is 1.91. The van der Waals surface area contributed by atoms with Gasteiger partial charge >= 0.3 is 6.18 Å². The van der Waals surface area contributed by atoms with Crippen molar-refractivity contribution >= 4 is 5.91 Å². The number of rotatable bonds is 7. The van der Waals surface area contributed by atoms with E-state index >= 15 is 0 Å². The van der Waals surface area contributed by atoms with E-state index in [0.717, 1.165) is 5.56 Å². The molecule has 2 N–H and O–H groups in total. The maximum Gasteiger partial charge on any atom is 0.411 e. The molecule has 0 radical (unpaired) electrons. The fraction of sp³-hybridized carbons (Fsp3) is 0.409. The summed E-state index contributed by atoms with van der Waals surface area (Å²) in [4.78, 5) is 11.6. The topological polar surface area (TPSA) is 53.6 Å². The van der Waals surface area contributed by atoms with Gasteiger partial charge in [-0.15, -0.1) is 0 Å². The number of nitrogens with one attached hydrogen (secondary N) is 2. The summed E-state index contributed by atoms with van der Waals surface area (Å²) in [7, 11) is 0. The van der Waals surface area contributed by atoms with Crippen molar-refractivity contribution in [1.82, 2.24) is 15.8 Å². The normalized spacial score (nSPS) is 22.6. The fourth-order valence-electron chi connectivity index (χ4n) is 3.78. The second-order valence-electron chi connectivity index (χ2n) is 7.42. The molecule has 0 saturated carbocycles. The summed E-state index contributed by atoms with van der Waals surface area (Å²) in [6, 6.07) is 18.3. The van der Waals surface area contributed by atoms with E-state index in [9.17, 15) is 18.0 Å². The summed E-state index contributed by atoms with van der Waals surface area (Å²) in [5.74, 6) is -0.175. The molecule has 1 aliphatic heterocycles. The van der Waals surface area contributed by atoms with Crippen LogP contribution >= 0.6 is 0 Å². The number of carbonyl (C=O) groups is 1. The van der Waals surface area contributed by atoms with Crippen LogP contribution in [0.4, 0.5) is 13.2 Å². The minimum Gasteiger partial charge on any atom is -0.352 e. The molecule has 0 spiro atoms. The molecule has 1 saturated heterocycles. The predicted octanol–water partition coefficient (Wildman–Crippen LogP) is 3.72. The average molecular weight is 421 g/mol. The highest BCUT2D eigenvalue weighted by molar-refractivity contribution is 5.73. The number of piperidine rings is 1. The molecular weight excluding hydrogens is 395 g/mol. The van der Waals surface area contributed by atoms with Gasteiger partial charge in [0.1, 0.15) is 6.61 Å². The van der Waals surface area contributed by atoms with Gasteiger partial charge in [-0.3, -0.25) is 4.79 Å². The van der Waals surface area contributed by atoms with Crippen molar-refractivity contribution < 1.29 is 22.7 Å². The van der Waals surface area contributed by atoms with Gasteiger partial charge in [0.15, 0.2) is 5.72 Å². The van der Waals surface area contributed by atoms with Crippen LogP contribution in [-0.2, 0) is 21.8 Å². The number of ether oxygens (including phenoxy) is 1. The lowest BCUT2D eigenvalue weighted by Gasteiger charge is -2.49. The quantitative estimate of drug-likeness (QED) is 0.716. The molecular formula is C22H26F3N3O2. The van der Waals surface area contributed by atoms with Crippen LogP contribution in [-0.4, -0.2) is 36.3 Å². The zero-order chi connectivity index (χ0) is 21.6. The molecule has 0 bridgehead atoms. The van der Waals surface area contributed by atoms with Gasteiger partial charge in [-0.05, 0) is 24.0 Å². The molecule has 2 aromatic rings. The minimum absolute atomic E-state index is 0.175. The first kappa shape index (κ1) is 22.3. The van der Waals surface area contributed by atoms with Crippen LogP contribution in [0, 0.1) is 0 Å². The summed E-state index contributed by atoms with van der Waals surface area (Å²) in [5.41, 5.74) is 3.57. The monoisotopic (exact) mass is 421 g/mol. The second-order valence-corrected chi connectivity index (χ2v) is 7.42. The molecule has 5 nitrogen and oxygen atoms in total. The second kappa shape index (κ2) is 9.59. The standard InChI is InChI=1S/C22H26F3N3O2/c1-17(29)27-20-12-13-21(30-16-22(23,24)25,19-10-6-3-7-11-19)28(15-20)26-14-18-8-4-2-5-9-18/h2-11,20,26H,12-16H2,1H3,(H,27,29). The molecule has 1 aliphatic rings. The summed E-state index contributed by atoms with van der Waals surface area (Å²) >= 11 is 0. The Hall–Kier alpha value is -2.42. The first-order chi connectivity index (χ1) is 14.3.